The molecule has 4 aromatic carbocycles. The molecule has 6 rings (SSSR count). The van der Waals surface area contributed by atoms with Crippen molar-refractivity contribution in [3.8, 4) is 11.1 Å². The van der Waals surface area contributed by atoms with E-state index in [0.29, 0.717) is 6.67 Å². The summed E-state index contributed by atoms with van der Waals surface area (Å²) in [5.74, 6) is 0. The van der Waals surface area contributed by atoms with Gasteiger partial charge in [-0.05, 0) is 48.2 Å². The first-order valence-corrected chi connectivity index (χ1v) is 9.68. The normalized spacial score (nSPS) is 11.7. The minimum Gasteiger partial charge on any atom is -0.456 e. The summed E-state index contributed by atoms with van der Waals surface area (Å²) in [6.07, 6.45) is 0. The van der Waals surface area contributed by atoms with E-state index in [1.54, 1.807) is 0 Å². The van der Waals surface area contributed by atoms with Crippen molar-refractivity contribution in [2.75, 3.05) is 0 Å². The Morgan fingerprint density at radius 3 is 2.24 bits per heavy atom. The first-order chi connectivity index (χ1) is 14.3. The van der Waals surface area contributed by atoms with Crippen molar-refractivity contribution in [2.45, 2.75) is 6.67 Å². The smallest absolute Gasteiger partial charge is 0.135 e. The van der Waals surface area contributed by atoms with Gasteiger partial charge < -0.3 is 8.98 Å². The lowest BCUT2D eigenvalue weighted by Gasteiger charge is -2.06. The van der Waals surface area contributed by atoms with Gasteiger partial charge in [-0.25, -0.2) is 0 Å². The van der Waals surface area contributed by atoms with E-state index in [-0.39, 0.29) is 0 Å². The number of nitrogens with zero attached hydrogens (tertiary/aromatic N) is 2. The van der Waals surface area contributed by atoms with Crippen LogP contribution < -0.4 is 0 Å². The molecule has 0 aliphatic rings. The molecular formula is C26H18N2O. The van der Waals surface area contributed by atoms with Gasteiger partial charge in [-0.15, -0.1) is 0 Å². The Morgan fingerprint density at radius 1 is 0.655 bits per heavy atom. The van der Waals surface area contributed by atoms with Gasteiger partial charge in [-0.3, -0.25) is 4.99 Å². The number of aromatic nitrogens is 1. The molecular weight excluding hydrogens is 356 g/mol. The van der Waals surface area contributed by atoms with E-state index in [4.69, 9.17) is 4.42 Å². The summed E-state index contributed by atoms with van der Waals surface area (Å²) in [7, 11) is 0. The Bertz CT molecular complexity index is 1550. The SMILES string of the molecule is C=NCn1c2ccccc2c2ccc(-c3ccc4oc5ccccc5c4c3)cc21. The fourth-order valence-corrected chi connectivity index (χ4v) is 4.39. The van der Waals surface area contributed by atoms with Crippen LogP contribution in [-0.2, 0) is 6.67 Å². The minimum atomic E-state index is 0.541. The molecule has 3 heteroatoms. The molecule has 0 radical (unpaired) electrons. The third-order valence-corrected chi connectivity index (χ3v) is 5.73. The average molecular weight is 374 g/mol. The van der Waals surface area contributed by atoms with Crippen LogP contribution in [0, 0.1) is 0 Å². The molecule has 0 unspecified atom stereocenters. The van der Waals surface area contributed by atoms with Crippen LogP contribution in [0.2, 0.25) is 0 Å². The Balaban J connectivity index is 1.61. The zero-order chi connectivity index (χ0) is 19.4. The quantitative estimate of drug-likeness (QED) is 0.306. The molecule has 2 heterocycles. The minimum absolute atomic E-state index is 0.541. The van der Waals surface area contributed by atoms with Crippen molar-refractivity contribution in [3.63, 3.8) is 0 Å². The number of fused-ring (bicyclic) bond motifs is 6. The van der Waals surface area contributed by atoms with E-state index < -0.39 is 0 Å². The maximum Gasteiger partial charge on any atom is 0.135 e. The van der Waals surface area contributed by atoms with Gasteiger partial charge in [0.1, 0.15) is 17.8 Å². The van der Waals surface area contributed by atoms with Gasteiger partial charge >= 0.3 is 0 Å². The topological polar surface area (TPSA) is 30.4 Å². The summed E-state index contributed by atoms with van der Waals surface area (Å²) in [6, 6.07) is 29.7. The molecule has 2 aromatic heterocycles. The number of furan rings is 1. The lowest BCUT2D eigenvalue weighted by molar-refractivity contribution is 0.669. The summed E-state index contributed by atoms with van der Waals surface area (Å²) in [5.41, 5.74) is 6.55. The molecule has 0 atom stereocenters. The molecule has 0 bridgehead atoms. The summed E-state index contributed by atoms with van der Waals surface area (Å²) in [6.45, 7) is 4.25. The van der Waals surface area contributed by atoms with Crippen LogP contribution in [0.3, 0.4) is 0 Å². The highest BCUT2D eigenvalue weighted by Gasteiger charge is 2.12. The van der Waals surface area contributed by atoms with Gasteiger partial charge in [0.25, 0.3) is 0 Å². The second-order valence-electron chi connectivity index (χ2n) is 7.35. The number of para-hydroxylation sites is 2. The second kappa shape index (κ2) is 6.08. The van der Waals surface area contributed by atoms with Crippen molar-refractivity contribution in [2.24, 2.45) is 4.99 Å². The van der Waals surface area contributed by atoms with Gasteiger partial charge in [-0.1, -0.05) is 54.6 Å². The number of hydrogen-bond donors (Lipinski definition) is 0. The lowest BCUT2D eigenvalue weighted by atomic mass is 10.0. The van der Waals surface area contributed by atoms with Gasteiger partial charge in [0.05, 0.1) is 11.0 Å². The van der Waals surface area contributed by atoms with Crippen LogP contribution in [-0.4, -0.2) is 11.3 Å². The second-order valence-corrected chi connectivity index (χ2v) is 7.35. The molecule has 138 valence electrons. The van der Waals surface area contributed by atoms with Crippen molar-refractivity contribution < 1.29 is 4.42 Å². The van der Waals surface area contributed by atoms with E-state index in [0.717, 1.165) is 21.9 Å². The largest absolute Gasteiger partial charge is 0.456 e. The molecule has 0 saturated carbocycles. The van der Waals surface area contributed by atoms with Gasteiger partial charge in [0.15, 0.2) is 0 Å². The predicted molar refractivity (Wildman–Crippen MR) is 122 cm³/mol. The van der Waals surface area contributed by atoms with Crippen LogP contribution in [0.15, 0.2) is 94.3 Å². The highest BCUT2D eigenvalue weighted by Crippen LogP contribution is 2.35. The van der Waals surface area contributed by atoms with Crippen LogP contribution in [0.25, 0.3) is 54.9 Å². The van der Waals surface area contributed by atoms with Gasteiger partial charge in [-0.2, -0.15) is 0 Å². The maximum atomic E-state index is 5.98. The van der Waals surface area contributed by atoms with Gasteiger partial charge in [0, 0.05) is 21.5 Å². The summed E-state index contributed by atoms with van der Waals surface area (Å²) >= 11 is 0. The maximum absolute atomic E-state index is 5.98. The van der Waals surface area contributed by atoms with E-state index in [1.807, 2.05) is 12.1 Å². The van der Waals surface area contributed by atoms with Gasteiger partial charge in [0.2, 0.25) is 0 Å². The Hall–Kier alpha value is -3.85. The average Bonchev–Trinajstić information content (AvgIpc) is 3.29. The molecule has 6 aromatic rings. The number of aliphatic imine (C=N–C) groups is 1. The zero-order valence-corrected chi connectivity index (χ0v) is 15.8. The van der Waals surface area contributed by atoms with Crippen molar-refractivity contribution in [1.82, 2.24) is 4.57 Å². The molecule has 29 heavy (non-hydrogen) atoms. The third kappa shape index (κ3) is 2.34. The first kappa shape index (κ1) is 16.1. The van der Waals surface area contributed by atoms with E-state index in [9.17, 15) is 0 Å². The Kier molecular flexibility index (Phi) is 3.38. The molecule has 0 spiro atoms. The van der Waals surface area contributed by atoms with E-state index in [2.05, 4.69) is 89.1 Å². The molecule has 0 fully saturated rings. The highest BCUT2D eigenvalue weighted by atomic mass is 16.3. The summed E-state index contributed by atoms with van der Waals surface area (Å²) < 4.78 is 8.21. The van der Waals surface area contributed by atoms with Crippen molar-refractivity contribution in [3.05, 3.63) is 84.9 Å². The molecule has 3 nitrogen and oxygen atoms in total. The van der Waals surface area contributed by atoms with E-state index in [1.165, 1.54) is 32.9 Å². The first-order valence-electron chi connectivity index (χ1n) is 9.68. The van der Waals surface area contributed by atoms with Crippen molar-refractivity contribution >= 4 is 50.5 Å². The molecule has 0 saturated heterocycles. The Morgan fingerprint density at radius 2 is 1.34 bits per heavy atom. The van der Waals surface area contributed by atoms with Crippen LogP contribution >= 0.6 is 0 Å². The summed E-state index contributed by atoms with van der Waals surface area (Å²) in [4.78, 5) is 4.15. The fraction of sp³-hybridized carbons (Fsp3) is 0.0385. The van der Waals surface area contributed by atoms with Crippen molar-refractivity contribution in [1.29, 1.82) is 0 Å². The summed E-state index contributed by atoms with van der Waals surface area (Å²) in [5, 5.41) is 4.78. The number of rotatable bonds is 3. The number of benzene rings is 4. The standard InChI is InChI=1S/C26H18N2O/c1-27-16-28-23-8-4-2-6-19(23)20-12-10-18(15-24(20)28)17-11-13-26-22(14-17)21-7-3-5-9-25(21)29-26/h2-15H,1,16H2. The van der Waals surface area contributed by atoms with Crippen LogP contribution in [0.4, 0.5) is 0 Å². The monoisotopic (exact) mass is 374 g/mol. The third-order valence-electron chi connectivity index (χ3n) is 5.73. The Labute approximate surface area is 167 Å². The predicted octanol–water partition coefficient (Wildman–Crippen LogP) is 7.02. The zero-order valence-electron chi connectivity index (χ0n) is 15.8. The highest BCUT2D eigenvalue weighted by molar-refractivity contribution is 6.10. The fourth-order valence-electron chi connectivity index (χ4n) is 4.39. The van der Waals surface area contributed by atoms with E-state index >= 15 is 0 Å². The molecule has 0 aliphatic heterocycles. The van der Waals surface area contributed by atoms with Crippen LogP contribution in [0.1, 0.15) is 0 Å². The number of hydrogen-bond acceptors (Lipinski definition) is 2. The van der Waals surface area contributed by atoms with Crippen LogP contribution in [0.5, 0.6) is 0 Å². The molecule has 0 aliphatic carbocycles. The lowest BCUT2D eigenvalue weighted by Crippen LogP contribution is -1.94. The molecule has 0 amide bonds. The molecule has 0 N–H and O–H groups in total.